The van der Waals surface area contributed by atoms with Crippen LogP contribution in [0.5, 0.6) is 0 Å². The summed E-state index contributed by atoms with van der Waals surface area (Å²) < 4.78 is 27.1. The standard InChI is InChI=1S/C14H18N4O2S/c19-21(20,18-6-1-2-14-16-8-9-17-14)12-3-4-13-11(10-12)5-7-15-13/h3-4,8-10,15,18H,1-2,5-7H2,(H,16,17). The first kappa shape index (κ1) is 14.1. The normalized spacial score (nSPS) is 13.9. The van der Waals surface area contributed by atoms with E-state index < -0.39 is 10.0 Å². The zero-order valence-electron chi connectivity index (χ0n) is 11.6. The van der Waals surface area contributed by atoms with Gasteiger partial charge in [-0.1, -0.05) is 0 Å². The number of hydrogen-bond donors (Lipinski definition) is 3. The van der Waals surface area contributed by atoms with Crippen molar-refractivity contribution in [3.8, 4) is 0 Å². The van der Waals surface area contributed by atoms with Crippen molar-refractivity contribution in [1.29, 1.82) is 0 Å². The molecule has 1 aliphatic heterocycles. The molecule has 0 radical (unpaired) electrons. The molecular weight excluding hydrogens is 288 g/mol. The summed E-state index contributed by atoms with van der Waals surface area (Å²) in [6, 6.07) is 5.23. The third-order valence-corrected chi connectivity index (χ3v) is 4.99. The van der Waals surface area contributed by atoms with Gasteiger partial charge in [-0.3, -0.25) is 0 Å². The van der Waals surface area contributed by atoms with Crippen LogP contribution in [0.2, 0.25) is 0 Å². The SMILES string of the molecule is O=S(=O)(NCCCc1ncc[nH]1)c1ccc2c(c1)CCN2. The fourth-order valence-corrected chi connectivity index (χ4v) is 3.55. The van der Waals surface area contributed by atoms with Crippen LogP contribution < -0.4 is 10.0 Å². The topological polar surface area (TPSA) is 86.9 Å². The van der Waals surface area contributed by atoms with Crippen LogP contribution in [0.1, 0.15) is 17.8 Å². The van der Waals surface area contributed by atoms with Gasteiger partial charge < -0.3 is 10.3 Å². The summed E-state index contributed by atoms with van der Waals surface area (Å²) in [5, 5.41) is 3.22. The van der Waals surface area contributed by atoms with Crippen molar-refractivity contribution in [1.82, 2.24) is 14.7 Å². The number of aromatic amines is 1. The van der Waals surface area contributed by atoms with Crippen molar-refractivity contribution in [2.75, 3.05) is 18.4 Å². The number of hydrogen-bond acceptors (Lipinski definition) is 4. The minimum absolute atomic E-state index is 0.336. The molecule has 1 aromatic heterocycles. The quantitative estimate of drug-likeness (QED) is 0.702. The zero-order valence-corrected chi connectivity index (χ0v) is 12.4. The molecule has 0 atom stereocenters. The third kappa shape index (κ3) is 3.25. The summed E-state index contributed by atoms with van der Waals surface area (Å²) in [5.41, 5.74) is 2.10. The van der Waals surface area contributed by atoms with Crippen LogP contribution in [-0.2, 0) is 22.9 Å². The Kier molecular flexibility index (Phi) is 3.94. The van der Waals surface area contributed by atoms with E-state index in [4.69, 9.17) is 0 Å². The predicted octanol–water partition coefficient (Wildman–Crippen LogP) is 1.29. The summed E-state index contributed by atoms with van der Waals surface area (Å²) in [5.74, 6) is 0.873. The fourth-order valence-electron chi connectivity index (χ4n) is 2.43. The Bertz CT molecular complexity index is 711. The van der Waals surface area contributed by atoms with Crippen LogP contribution in [0.15, 0.2) is 35.5 Å². The van der Waals surface area contributed by atoms with Crippen molar-refractivity contribution in [2.24, 2.45) is 0 Å². The van der Waals surface area contributed by atoms with E-state index in [1.807, 2.05) is 6.07 Å². The lowest BCUT2D eigenvalue weighted by Gasteiger charge is -2.08. The maximum atomic E-state index is 12.2. The Morgan fingerprint density at radius 2 is 2.24 bits per heavy atom. The molecule has 1 aliphatic rings. The summed E-state index contributed by atoms with van der Waals surface area (Å²) in [6.07, 6.45) is 5.76. The third-order valence-electron chi connectivity index (χ3n) is 3.53. The maximum Gasteiger partial charge on any atom is 0.240 e. The number of imidazole rings is 1. The average Bonchev–Trinajstić information content (AvgIpc) is 3.13. The second kappa shape index (κ2) is 5.87. The van der Waals surface area contributed by atoms with Crippen LogP contribution in [-0.4, -0.2) is 31.5 Å². The van der Waals surface area contributed by atoms with Crippen LogP contribution >= 0.6 is 0 Å². The van der Waals surface area contributed by atoms with Crippen LogP contribution in [0, 0.1) is 0 Å². The number of H-pyrrole nitrogens is 1. The molecule has 0 aliphatic carbocycles. The number of sulfonamides is 1. The average molecular weight is 306 g/mol. The number of rotatable bonds is 6. The van der Waals surface area contributed by atoms with Crippen molar-refractivity contribution in [2.45, 2.75) is 24.2 Å². The molecule has 3 rings (SSSR count). The first-order valence-electron chi connectivity index (χ1n) is 7.00. The summed E-state index contributed by atoms with van der Waals surface area (Å²) in [4.78, 5) is 7.44. The molecule has 2 aromatic rings. The second-order valence-electron chi connectivity index (χ2n) is 5.03. The minimum atomic E-state index is -3.43. The van der Waals surface area contributed by atoms with Crippen LogP contribution in [0.25, 0.3) is 0 Å². The highest BCUT2D eigenvalue weighted by Gasteiger charge is 2.17. The zero-order chi connectivity index (χ0) is 14.7. The molecule has 7 heteroatoms. The van der Waals surface area contributed by atoms with E-state index >= 15 is 0 Å². The second-order valence-corrected chi connectivity index (χ2v) is 6.80. The first-order valence-corrected chi connectivity index (χ1v) is 8.48. The monoisotopic (exact) mass is 306 g/mol. The lowest BCUT2D eigenvalue weighted by molar-refractivity contribution is 0.578. The number of anilines is 1. The van der Waals surface area contributed by atoms with E-state index in [0.717, 1.165) is 36.5 Å². The van der Waals surface area contributed by atoms with Gasteiger partial charge in [-0.25, -0.2) is 18.1 Å². The highest BCUT2D eigenvalue weighted by Crippen LogP contribution is 2.24. The lowest BCUT2D eigenvalue weighted by Crippen LogP contribution is -2.25. The van der Waals surface area contributed by atoms with Gasteiger partial charge in [0.05, 0.1) is 4.90 Å². The van der Waals surface area contributed by atoms with Crippen molar-refractivity contribution in [3.05, 3.63) is 42.0 Å². The van der Waals surface area contributed by atoms with E-state index in [1.54, 1.807) is 24.5 Å². The van der Waals surface area contributed by atoms with Crippen molar-refractivity contribution >= 4 is 15.7 Å². The number of fused-ring (bicyclic) bond motifs is 1. The molecule has 0 saturated carbocycles. The van der Waals surface area contributed by atoms with E-state index in [9.17, 15) is 8.42 Å². The molecular formula is C14H18N4O2S. The van der Waals surface area contributed by atoms with Crippen LogP contribution in [0.4, 0.5) is 5.69 Å². The molecule has 0 spiro atoms. The van der Waals surface area contributed by atoms with Gasteiger partial charge in [-0.05, 0) is 36.6 Å². The Morgan fingerprint density at radius 3 is 3.05 bits per heavy atom. The molecule has 112 valence electrons. The molecule has 0 fully saturated rings. The van der Waals surface area contributed by atoms with Crippen molar-refractivity contribution in [3.63, 3.8) is 0 Å². The Balaban J connectivity index is 1.59. The van der Waals surface area contributed by atoms with E-state index in [1.165, 1.54) is 0 Å². The van der Waals surface area contributed by atoms with Gasteiger partial charge in [-0.15, -0.1) is 0 Å². The minimum Gasteiger partial charge on any atom is -0.384 e. The molecule has 0 bridgehead atoms. The fraction of sp³-hybridized carbons (Fsp3) is 0.357. The lowest BCUT2D eigenvalue weighted by atomic mass is 10.2. The predicted molar refractivity (Wildman–Crippen MR) is 80.7 cm³/mol. The van der Waals surface area contributed by atoms with Gasteiger partial charge in [0.25, 0.3) is 0 Å². The molecule has 6 nitrogen and oxygen atoms in total. The molecule has 1 aromatic carbocycles. The largest absolute Gasteiger partial charge is 0.384 e. The van der Waals surface area contributed by atoms with Gasteiger partial charge in [0.2, 0.25) is 10.0 Å². The smallest absolute Gasteiger partial charge is 0.240 e. The first-order chi connectivity index (χ1) is 10.1. The summed E-state index contributed by atoms with van der Waals surface area (Å²) in [7, 11) is -3.43. The number of nitrogens with one attached hydrogen (secondary N) is 3. The number of aromatic nitrogens is 2. The number of nitrogens with zero attached hydrogens (tertiary/aromatic N) is 1. The molecule has 2 heterocycles. The molecule has 21 heavy (non-hydrogen) atoms. The highest BCUT2D eigenvalue weighted by atomic mass is 32.2. The van der Waals surface area contributed by atoms with E-state index in [-0.39, 0.29) is 0 Å². The number of aryl methyl sites for hydroxylation is 1. The summed E-state index contributed by atoms with van der Waals surface area (Å²) in [6.45, 7) is 1.27. The van der Waals surface area contributed by atoms with Crippen molar-refractivity contribution < 1.29 is 8.42 Å². The Hall–Kier alpha value is -1.86. The van der Waals surface area contributed by atoms with E-state index in [0.29, 0.717) is 17.9 Å². The summed E-state index contributed by atoms with van der Waals surface area (Å²) >= 11 is 0. The Labute approximate surface area is 124 Å². The van der Waals surface area contributed by atoms with Gasteiger partial charge in [-0.2, -0.15) is 0 Å². The maximum absolute atomic E-state index is 12.2. The molecule has 0 amide bonds. The Morgan fingerprint density at radius 1 is 1.33 bits per heavy atom. The molecule has 0 unspecified atom stereocenters. The van der Waals surface area contributed by atoms with Gasteiger partial charge >= 0.3 is 0 Å². The van der Waals surface area contributed by atoms with Gasteiger partial charge in [0.1, 0.15) is 5.82 Å². The van der Waals surface area contributed by atoms with Gasteiger partial charge in [0.15, 0.2) is 0 Å². The highest BCUT2D eigenvalue weighted by molar-refractivity contribution is 7.89. The number of benzene rings is 1. The molecule has 0 saturated heterocycles. The van der Waals surface area contributed by atoms with Gasteiger partial charge in [0, 0.05) is 37.6 Å². The molecule has 3 N–H and O–H groups in total. The van der Waals surface area contributed by atoms with E-state index in [2.05, 4.69) is 20.0 Å². The van der Waals surface area contributed by atoms with Crippen LogP contribution in [0.3, 0.4) is 0 Å².